The molecule has 0 bridgehead atoms. The van der Waals surface area contributed by atoms with Crippen LogP contribution < -0.4 is 10.6 Å². The van der Waals surface area contributed by atoms with Gasteiger partial charge in [-0.2, -0.15) is 0 Å². The molecular weight excluding hydrogens is 356 g/mol. The Balaban J connectivity index is 1.96. The third-order valence-corrected chi connectivity index (χ3v) is 4.32. The third kappa shape index (κ3) is 3.58. The number of aromatic nitrogens is 1. The Morgan fingerprint density at radius 2 is 2.30 bits per heavy atom. The molecule has 0 saturated carbocycles. The molecule has 122 valence electrons. The van der Waals surface area contributed by atoms with Crippen LogP contribution in [0.25, 0.3) is 10.9 Å². The number of carbonyl (C=O) groups excluding carboxylic acids is 1. The molecule has 0 spiro atoms. The van der Waals surface area contributed by atoms with E-state index >= 15 is 0 Å². The van der Waals surface area contributed by atoms with E-state index in [4.69, 9.17) is 0 Å². The smallest absolute Gasteiger partial charge is 0.253 e. The molecular formula is C17H21BrN4O. The summed E-state index contributed by atoms with van der Waals surface area (Å²) in [6.45, 7) is 7.22. The van der Waals surface area contributed by atoms with Gasteiger partial charge in [-0.3, -0.25) is 9.79 Å². The Labute approximate surface area is 144 Å². The maximum atomic E-state index is 12.5. The molecule has 1 aromatic heterocycles. The van der Waals surface area contributed by atoms with Crippen LogP contribution in [-0.2, 0) is 6.54 Å². The first-order valence-corrected chi connectivity index (χ1v) is 8.67. The van der Waals surface area contributed by atoms with Crippen LogP contribution in [0.15, 0.2) is 33.9 Å². The number of nitrogens with zero attached hydrogens (tertiary/aromatic N) is 2. The summed E-state index contributed by atoms with van der Waals surface area (Å²) < 4.78 is 3.08. The van der Waals surface area contributed by atoms with Crippen LogP contribution in [0.5, 0.6) is 0 Å². The highest BCUT2D eigenvalue weighted by molar-refractivity contribution is 9.10. The van der Waals surface area contributed by atoms with Gasteiger partial charge in [-0.15, -0.1) is 0 Å². The Kier molecular flexibility index (Phi) is 4.71. The number of hydrogen-bond acceptors (Lipinski definition) is 3. The van der Waals surface area contributed by atoms with E-state index in [2.05, 4.69) is 50.0 Å². The van der Waals surface area contributed by atoms with Crippen molar-refractivity contribution in [2.75, 3.05) is 19.6 Å². The molecule has 0 fully saturated rings. The van der Waals surface area contributed by atoms with Crippen LogP contribution >= 0.6 is 15.9 Å². The van der Waals surface area contributed by atoms with E-state index in [-0.39, 0.29) is 5.91 Å². The minimum absolute atomic E-state index is 0.0221. The quantitative estimate of drug-likeness (QED) is 0.842. The van der Waals surface area contributed by atoms with Crippen LogP contribution in [-0.4, -0.2) is 35.9 Å². The minimum Gasteiger partial charge on any atom is -0.370 e. The van der Waals surface area contributed by atoms with E-state index in [1.807, 2.05) is 24.4 Å². The summed E-state index contributed by atoms with van der Waals surface area (Å²) in [5, 5.41) is 7.25. The molecule has 0 atom stereocenters. The molecule has 1 aromatic carbocycles. The topological polar surface area (TPSA) is 58.4 Å². The lowest BCUT2D eigenvalue weighted by molar-refractivity contribution is 0.0950. The van der Waals surface area contributed by atoms with Crippen molar-refractivity contribution in [3.05, 3.63) is 34.4 Å². The SMILES string of the molecule is CC(C)CNC(=O)c1cn(CC2=NCCN2)c2cc(Br)ccc12. The molecule has 0 aliphatic carbocycles. The third-order valence-electron chi connectivity index (χ3n) is 3.82. The van der Waals surface area contributed by atoms with Crippen molar-refractivity contribution >= 4 is 38.6 Å². The highest BCUT2D eigenvalue weighted by Crippen LogP contribution is 2.25. The lowest BCUT2D eigenvalue weighted by Gasteiger charge is -2.06. The van der Waals surface area contributed by atoms with E-state index < -0.39 is 0 Å². The number of fused-ring (bicyclic) bond motifs is 1. The number of hydrogen-bond donors (Lipinski definition) is 2. The van der Waals surface area contributed by atoms with Crippen LogP contribution in [0.3, 0.4) is 0 Å². The molecule has 0 unspecified atom stereocenters. The number of halogens is 1. The standard InChI is InChI=1S/C17H21BrN4O/c1-11(2)8-21-17(23)14-9-22(10-16-19-5-6-20-16)15-7-12(18)3-4-13(14)15/h3-4,7,9,11H,5-6,8,10H2,1-2H3,(H,19,20)(H,21,23). The summed E-state index contributed by atoms with van der Waals surface area (Å²) in [6, 6.07) is 6.01. The molecule has 1 aliphatic heterocycles. The normalized spacial score (nSPS) is 14.2. The molecule has 2 aromatic rings. The lowest BCUT2D eigenvalue weighted by atomic mass is 10.1. The fourth-order valence-corrected chi connectivity index (χ4v) is 3.03. The van der Waals surface area contributed by atoms with Crippen molar-refractivity contribution in [2.45, 2.75) is 20.4 Å². The summed E-state index contributed by atoms with van der Waals surface area (Å²) in [6.07, 6.45) is 1.93. The predicted molar refractivity (Wildman–Crippen MR) is 97.1 cm³/mol. The first kappa shape index (κ1) is 16.1. The Hall–Kier alpha value is -1.82. The van der Waals surface area contributed by atoms with Gasteiger partial charge in [0, 0.05) is 29.1 Å². The molecule has 2 N–H and O–H groups in total. The van der Waals surface area contributed by atoms with Gasteiger partial charge in [-0.25, -0.2) is 0 Å². The summed E-state index contributed by atoms with van der Waals surface area (Å²) in [5.41, 5.74) is 1.75. The summed E-state index contributed by atoms with van der Waals surface area (Å²) in [4.78, 5) is 17.0. The number of rotatable bonds is 5. The predicted octanol–water partition coefficient (Wildman–Crippen LogP) is 2.79. The fourth-order valence-electron chi connectivity index (χ4n) is 2.68. The first-order chi connectivity index (χ1) is 11.0. The van der Waals surface area contributed by atoms with E-state index in [9.17, 15) is 4.79 Å². The molecule has 3 rings (SSSR count). The number of nitrogens with one attached hydrogen (secondary N) is 2. The van der Waals surface area contributed by atoms with Gasteiger partial charge in [0.05, 0.1) is 24.2 Å². The van der Waals surface area contributed by atoms with Gasteiger partial charge >= 0.3 is 0 Å². The van der Waals surface area contributed by atoms with Crippen LogP contribution in [0, 0.1) is 5.92 Å². The Morgan fingerprint density at radius 3 is 3.00 bits per heavy atom. The summed E-state index contributed by atoms with van der Waals surface area (Å²) in [5.74, 6) is 1.38. The van der Waals surface area contributed by atoms with Crippen molar-refractivity contribution in [1.29, 1.82) is 0 Å². The second-order valence-electron chi connectivity index (χ2n) is 6.19. The van der Waals surface area contributed by atoms with E-state index in [0.29, 0.717) is 24.6 Å². The van der Waals surface area contributed by atoms with E-state index in [0.717, 1.165) is 34.3 Å². The Morgan fingerprint density at radius 1 is 1.48 bits per heavy atom. The summed E-state index contributed by atoms with van der Waals surface area (Å²) >= 11 is 3.52. The van der Waals surface area contributed by atoms with Crippen molar-refractivity contribution in [3.63, 3.8) is 0 Å². The molecule has 1 amide bonds. The second-order valence-corrected chi connectivity index (χ2v) is 7.11. The van der Waals surface area contributed by atoms with Gasteiger partial charge in [-0.05, 0) is 18.1 Å². The Bertz CT molecular complexity index is 763. The van der Waals surface area contributed by atoms with Crippen molar-refractivity contribution in [2.24, 2.45) is 10.9 Å². The number of benzene rings is 1. The van der Waals surface area contributed by atoms with E-state index in [1.165, 1.54) is 0 Å². The first-order valence-electron chi connectivity index (χ1n) is 7.88. The van der Waals surface area contributed by atoms with Crippen molar-refractivity contribution < 1.29 is 4.79 Å². The average molecular weight is 377 g/mol. The minimum atomic E-state index is -0.0221. The van der Waals surface area contributed by atoms with Crippen LogP contribution in [0.4, 0.5) is 0 Å². The highest BCUT2D eigenvalue weighted by atomic mass is 79.9. The zero-order valence-corrected chi connectivity index (χ0v) is 15.0. The molecule has 5 nitrogen and oxygen atoms in total. The van der Waals surface area contributed by atoms with Crippen molar-refractivity contribution in [3.8, 4) is 0 Å². The molecule has 6 heteroatoms. The number of amidine groups is 1. The average Bonchev–Trinajstić information content (AvgIpc) is 3.13. The van der Waals surface area contributed by atoms with Crippen LogP contribution in [0.1, 0.15) is 24.2 Å². The number of amides is 1. The molecule has 0 saturated heterocycles. The van der Waals surface area contributed by atoms with Crippen molar-refractivity contribution in [1.82, 2.24) is 15.2 Å². The monoisotopic (exact) mass is 376 g/mol. The van der Waals surface area contributed by atoms with Gasteiger partial charge in [0.1, 0.15) is 5.84 Å². The molecule has 1 aliphatic rings. The molecule has 23 heavy (non-hydrogen) atoms. The van der Waals surface area contributed by atoms with Gasteiger partial charge in [0.2, 0.25) is 0 Å². The van der Waals surface area contributed by atoms with Gasteiger partial charge in [0.25, 0.3) is 5.91 Å². The zero-order chi connectivity index (χ0) is 16.4. The fraction of sp³-hybridized carbons (Fsp3) is 0.412. The maximum absolute atomic E-state index is 12.5. The molecule has 0 radical (unpaired) electrons. The van der Waals surface area contributed by atoms with E-state index in [1.54, 1.807) is 0 Å². The summed E-state index contributed by atoms with van der Waals surface area (Å²) in [7, 11) is 0. The van der Waals surface area contributed by atoms with Gasteiger partial charge < -0.3 is 15.2 Å². The number of aliphatic imine (C=N–C) groups is 1. The van der Waals surface area contributed by atoms with Gasteiger partial charge in [0.15, 0.2) is 0 Å². The van der Waals surface area contributed by atoms with Crippen LogP contribution in [0.2, 0.25) is 0 Å². The molecule has 2 heterocycles. The second kappa shape index (κ2) is 6.74. The number of carbonyl (C=O) groups is 1. The lowest BCUT2D eigenvalue weighted by Crippen LogP contribution is -2.27. The van der Waals surface area contributed by atoms with Gasteiger partial charge in [-0.1, -0.05) is 35.8 Å². The highest BCUT2D eigenvalue weighted by Gasteiger charge is 2.17. The zero-order valence-electron chi connectivity index (χ0n) is 13.4. The largest absolute Gasteiger partial charge is 0.370 e. The maximum Gasteiger partial charge on any atom is 0.253 e.